The Bertz CT molecular complexity index is 341. The maximum atomic E-state index is 12.3. The maximum Gasteiger partial charge on any atom is 0.401 e. The molecule has 2 fully saturated rings. The van der Waals surface area contributed by atoms with Gasteiger partial charge in [-0.3, -0.25) is 9.69 Å². The molecule has 1 saturated heterocycles. The van der Waals surface area contributed by atoms with E-state index in [1.54, 1.807) is 4.90 Å². The molecule has 0 aromatic rings. The van der Waals surface area contributed by atoms with Gasteiger partial charge in [0.25, 0.3) is 0 Å². The van der Waals surface area contributed by atoms with Gasteiger partial charge in [0.2, 0.25) is 5.91 Å². The summed E-state index contributed by atoms with van der Waals surface area (Å²) < 4.78 is 36.8. The fraction of sp³-hybridized carbons (Fsp3) is 0.917. The van der Waals surface area contributed by atoms with Gasteiger partial charge < -0.3 is 10.6 Å². The molecule has 1 aliphatic carbocycles. The van der Waals surface area contributed by atoms with Crippen molar-refractivity contribution in [1.29, 1.82) is 0 Å². The lowest BCUT2D eigenvalue weighted by molar-refractivity contribution is -0.153. The third kappa shape index (κ3) is 5.47. The molecule has 0 radical (unpaired) electrons. The van der Waals surface area contributed by atoms with Crippen molar-refractivity contribution in [1.82, 2.24) is 9.80 Å². The lowest BCUT2D eigenvalue weighted by atomic mass is 9.97. The van der Waals surface area contributed by atoms with E-state index in [1.807, 2.05) is 0 Å². The first-order valence-corrected chi connectivity index (χ1v) is 6.68. The van der Waals surface area contributed by atoms with Crippen LogP contribution in [0.5, 0.6) is 0 Å². The van der Waals surface area contributed by atoms with E-state index in [0.29, 0.717) is 25.9 Å². The predicted octanol–water partition coefficient (Wildman–Crippen LogP) is 1.81. The Hall–Kier alpha value is -0.240. The Morgan fingerprint density at radius 2 is 1.52 bits per heavy atom. The molecule has 0 aromatic carbocycles. The zero-order valence-electron chi connectivity index (χ0n) is 11.7. The van der Waals surface area contributed by atoms with E-state index in [1.165, 1.54) is 4.90 Å². The number of carbonyl (C=O) groups excluding carboxylic acids is 1. The summed E-state index contributed by atoms with van der Waals surface area (Å²) in [5.74, 6) is -0.0864. The Morgan fingerprint density at radius 1 is 1.05 bits per heavy atom. The fourth-order valence-corrected chi connectivity index (χ4v) is 2.90. The highest BCUT2D eigenvalue weighted by Crippen LogP contribution is 2.29. The number of hydrogen-bond donors (Lipinski definition) is 1. The van der Waals surface area contributed by atoms with Crippen LogP contribution in [0.2, 0.25) is 0 Å². The molecular formula is C12H22Cl2F3N3O. The molecule has 2 aliphatic rings. The van der Waals surface area contributed by atoms with E-state index in [-0.39, 0.29) is 43.8 Å². The Kier molecular flexibility index (Phi) is 7.76. The lowest BCUT2D eigenvalue weighted by Crippen LogP contribution is -2.59. The Morgan fingerprint density at radius 3 is 1.95 bits per heavy atom. The number of halogens is 5. The van der Waals surface area contributed by atoms with Gasteiger partial charge >= 0.3 is 6.18 Å². The van der Waals surface area contributed by atoms with Crippen molar-refractivity contribution in [3.63, 3.8) is 0 Å². The molecule has 126 valence electrons. The van der Waals surface area contributed by atoms with Gasteiger partial charge in [-0.25, -0.2) is 0 Å². The van der Waals surface area contributed by atoms with Crippen LogP contribution in [0.15, 0.2) is 0 Å². The molecule has 9 heteroatoms. The van der Waals surface area contributed by atoms with Crippen molar-refractivity contribution < 1.29 is 18.0 Å². The topological polar surface area (TPSA) is 49.6 Å². The van der Waals surface area contributed by atoms with Gasteiger partial charge in [-0.1, -0.05) is 12.8 Å². The zero-order valence-corrected chi connectivity index (χ0v) is 13.3. The molecule has 2 rings (SSSR count). The third-order valence-corrected chi connectivity index (χ3v) is 3.98. The van der Waals surface area contributed by atoms with Gasteiger partial charge in [0.05, 0.1) is 12.1 Å². The summed E-state index contributed by atoms with van der Waals surface area (Å²) in [7, 11) is 0. The zero-order chi connectivity index (χ0) is 14.1. The van der Waals surface area contributed by atoms with Gasteiger partial charge in [-0.15, -0.1) is 24.8 Å². The number of alkyl halides is 3. The summed E-state index contributed by atoms with van der Waals surface area (Å²) in [6.45, 7) is 0.313. The minimum Gasteiger partial charge on any atom is -0.339 e. The smallest absolute Gasteiger partial charge is 0.339 e. The van der Waals surface area contributed by atoms with Crippen LogP contribution in [0.1, 0.15) is 25.7 Å². The van der Waals surface area contributed by atoms with Crippen LogP contribution >= 0.6 is 24.8 Å². The molecule has 1 heterocycles. The first-order chi connectivity index (χ1) is 8.80. The number of nitrogens with zero attached hydrogens (tertiary/aromatic N) is 2. The number of amides is 1. The number of carbonyl (C=O) groups is 1. The summed E-state index contributed by atoms with van der Waals surface area (Å²) >= 11 is 0. The molecule has 1 aliphatic heterocycles. The molecule has 0 bridgehead atoms. The molecule has 0 aromatic heterocycles. The molecule has 0 atom stereocenters. The molecule has 1 amide bonds. The third-order valence-electron chi connectivity index (χ3n) is 3.98. The molecule has 4 nitrogen and oxygen atoms in total. The van der Waals surface area contributed by atoms with Crippen LogP contribution in [0, 0.1) is 0 Å². The highest BCUT2D eigenvalue weighted by molar-refractivity contribution is 5.86. The van der Waals surface area contributed by atoms with Crippen molar-refractivity contribution in [2.45, 2.75) is 37.4 Å². The minimum absolute atomic E-state index is 0. The monoisotopic (exact) mass is 351 g/mol. The van der Waals surface area contributed by atoms with Gasteiger partial charge in [-0.05, 0) is 12.8 Å². The summed E-state index contributed by atoms with van der Waals surface area (Å²) in [4.78, 5) is 15.2. The first-order valence-electron chi connectivity index (χ1n) is 6.68. The van der Waals surface area contributed by atoms with Crippen molar-refractivity contribution in [3.8, 4) is 0 Å². The fourth-order valence-electron chi connectivity index (χ4n) is 2.90. The number of nitrogens with two attached hydrogens (primary N) is 1. The average molecular weight is 352 g/mol. The van der Waals surface area contributed by atoms with Gasteiger partial charge in [0, 0.05) is 26.2 Å². The number of rotatable bonds is 2. The van der Waals surface area contributed by atoms with Crippen molar-refractivity contribution >= 4 is 30.7 Å². The van der Waals surface area contributed by atoms with Crippen molar-refractivity contribution in [3.05, 3.63) is 0 Å². The van der Waals surface area contributed by atoms with Crippen LogP contribution in [-0.4, -0.2) is 60.1 Å². The molecule has 0 spiro atoms. The maximum absolute atomic E-state index is 12.3. The van der Waals surface area contributed by atoms with E-state index in [0.717, 1.165) is 12.8 Å². The van der Waals surface area contributed by atoms with Crippen LogP contribution in [0.3, 0.4) is 0 Å². The molecule has 2 N–H and O–H groups in total. The lowest BCUT2D eigenvalue weighted by Gasteiger charge is -2.38. The highest BCUT2D eigenvalue weighted by atomic mass is 35.5. The summed E-state index contributed by atoms with van der Waals surface area (Å²) in [6, 6.07) is 0. The van der Waals surface area contributed by atoms with Crippen LogP contribution in [-0.2, 0) is 4.79 Å². The van der Waals surface area contributed by atoms with Gasteiger partial charge in [0.1, 0.15) is 0 Å². The van der Waals surface area contributed by atoms with Crippen LogP contribution < -0.4 is 5.73 Å². The van der Waals surface area contributed by atoms with Crippen LogP contribution in [0.4, 0.5) is 13.2 Å². The highest BCUT2D eigenvalue weighted by Gasteiger charge is 2.41. The van der Waals surface area contributed by atoms with E-state index in [9.17, 15) is 18.0 Å². The average Bonchev–Trinajstić information content (AvgIpc) is 2.75. The first kappa shape index (κ1) is 20.8. The summed E-state index contributed by atoms with van der Waals surface area (Å²) in [6.07, 6.45) is -0.886. The largest absolute Gasteiger partial charge is 0.401 e. The molecule has 0 unspecified atom stereocenters. The normalized spacial score (nSPS) is 22.4. The van der Waals surface area contributed by atoms with E-state index in [4.69, 9.17) is 5.73 Å². The molecular weight excluding hydrogens is 330 g/mol. The quantitative estimate of drug-likeness (QED) is 0.825. The Balaban J connectivity index is 0.00000200. The SMILES string of the molecule is Cl.Cl.NC1(C(=O)N2CCN(CC(F)(F)F)CC2)CCCC1. The van der Waals surface area contributed by atoms with E-state index >= 15 is 0 Å². The Labute approximate surface area is 135 Å². The predicted molar refractivity (Wildman–Crippen MR) is 79.0 cm³/mol. The van der Waals surface area contributed by atoms with Crippen LogP contribution in [0.25, 0.3) is 0 Å². The van der Waals surface area contributed by atoms with Gasteiger partial charge in [0.15, 0.2) is 0 Å². The molecule has 21 heavy (non-hydrogen) atoms. The van der Waals surface area contributed by atoms with E-state index in [2.05, 4.69) is 0 Å². The number of hydrogen-bond acceptors (Lipinski definition) is 3. The minimum atomic E-state index is -4.17. The second kappa shape index (κ2) is 7.85. The number of piperazine rings is 1. The molecule has 1 saturated carbocycles. The standard InChI is InChI=1S/C12H20F3N3O.2ClH/c13-12(14,15)9-17-5-7-18(8-6-17)10(19)11(16)3-1-2-4-11;;/h1-9,16H2;2*1H. The second-order valence-corrected chi connectivity index (χ2v) is 5.55. The second-order valence-electron chi connectivity index (χ2n) is 5.55. The summed E-state index contributed by atoms with van der Waals surface area (Å²) in [5, 5.41) is 0. The van der Waals surface area contributed by atoms with Gasteiger partial charge in [-0.2, -0.15) is 13.2 Å². The van der Waals surface area contributed by atoms with Crippen molar-refractivity contribution in [2.75, 3.05) is 32.7 Å². The van der Waals surface area contributed by atoms with Crippen molar-refractivity contribution in [2.24, 2.45) is 5.73 Å². The summed E-state index contributed by atoms with van der Waals surface area (Å²) in [5.41, 5.74) is 5.31. The van der Waals surface area contributed by atoms with E-state index < -0.39 is 18.3 Å².